The van der Waals surface area contributed by atoms with E-state index in [0.717, 1.165) is 11.3 Å². The second-order valence-electron chi connectivity index (χ2n) is 7.71. The number of nitrogens with zero attached hydrogens (tertiary/aromatic N) is 1. The second kappa shape index (κ2) is 8.48. The predicted octanol–water partition coefficient (Wildman–Crippen LogP) is 5.18. The van der Waals surface area contributed by atoms with Gasteiger partial charge in [0.15, 0.2) is 0 Å². The molecule has 0 saturated carbocycles. The number of anilines is 2. The molecular formula is C26H24N2O3. The number of para-hydroxylation sites is 1. The number of imide groups is 1. The lowest BCUT2D eigenvalue weighted by atomic mass is 10.0. The number of hydrogen-bond donors (Lipinski definition) is 1. The molecule has 5 heteroatoms. The van der Waals surface area contributed by atoms with E-state index in [9.17, 15) is 9.59 Å². The Kier molecular flexibility index (Phi) is 5.58. The zero-order valence-electron chi connectivity index (χ0n) is 17.8. The quantitative estimate of drug-likeness (QED) is 0.567. The molecule has 0 spiro atoms. The summed E-state index contributed by atoms with van der Waals surface area (Å²) >= 11 is 0. The van der Waals surface area contributed by atoms with Crippen molar-refractivity contribution < 1.29 is 14.3 Å². The maximum absolute atomic E-state index is 13.4. The van der Waals surface area contributed by atoms with Gasteiger partial charge < -0.3 is 10.1 Å². The molecule has 0 radical (unpaired) electrons. The fourth-order valence-corrected chi connectivity index (χ4v) is 3.48. The van der Waals surface area contributed by atoms with E-state index in [0.29, 0.717) is 22.6 Å². The monoisotopic (exact) mass is 412 g/mol. The van der Waals surface area contributed by atoms with Gasteiger partial charge in [-0.05, 0) is 62.7 Å². The fraction of sp³-hybridized carbons (Fsp3) is 0.154. The van der Waals surface area contributed by atoms with E-state index in [2.05, 4.69) is 5.32 Å². The standard InChI is InChI=1S/C26H24N2O3/c1-17(2)31-22-15-11-19(12-16-22)23-24(27-20-13-9-18(3)10-14-20)26(30)28(25(23)29)21-7-5-4-6-8-21/h4-17,27H,1-3H3. The Labute approximate surface area is 182 Å². The Hall–Kier alpha value is -3.86. The summed E-state index contributed by atoms with van der Waals surface area (Å²) in [7, 11) is 0. The van der Waals surface area contributed by atoms with Crippen LogP contribution in [0.2, 0.25) is 0 Å². The van der Waals surface area contributed by atoms with E-state index in [1.54, 1.807) is 24.3 Å². The summed E-state index contributed by atoms with van der Waals surface area (Å²) in [5.74, 6) is -0.0262. The molecule has 0 aromatic heterocycles. The van der Waals surface area contributed by atoms with Crippen LogP contribution in [0, 0.1) is 6.92 Å². The first-order valence-electron chi connectivity index (χ1n) is 10.2. The van der Waals surface area contributed by atoms with E-state index in [1.807, 2.05) is 75.4 Å². The number of amides is 2. The van der Waals surface area contributed by atoms with Crippen LogP contribution in [0.3, 0.4) is 0 Å². The highest BCUT2D eigenvalue weighted by molar-refractivity contribution is 6.46. The van der Waals surface area contributed by atoms with E-state index in [1.165, 1.54) is 4.90 Å². The number of benzene rings is 3. The third-order valence-corrected chi connectivity index (χ3v) is 4.93. The van der Waals surface area contributed by atoms with Gasteiger partial charge in [0.05, 0.1) is 17.4 Å². The van der Waals surface area contributed by atoms with Gasteiger partial charge in [-0.25, -0.2) is 4.90 Å². The highest BCUT2D eigenvalue weighted by Gasteiger charge is 2.40. The van der Waals surface area contributed by atoms with Crippen molar-refractivity contribution in [3.8, 4) is 5.75 Å². The molecular weight excluding hydrogens is 388 g/mol. The summed E-state index contributed by atoms with van der Waals surface area (Å²) in [6.07, 6.45) is 0.0482. The van der Waals surface area contributed by atoms with E-state index < -0.39 is 0 Å². The van der Waals surface area contributed by atoms with Crippen LogP contribution >= 0.6 is 0 Å². The molecule has 4 rings (SSSR count). The van der Waals surface area contributed by atoms with Gasteiger partial charge in [-0.3, -0.25) is 9.59 Å². The minimum atomic E-state index is -0.380. The molecule has 3 aromatic rings. The number of hydrogen-bond acceptors (Lipinski definition) is 4. The van der Waals surface area contributed by atoms with Crippen LogP contribution < -0.4 is 15.0 Å². The topological polar surface area (TPSA) is 58.6 Å². The number of aryl methyl sites for hydroxylation is 1. The molecule has 1 heterocycles. The summed E-state index contributed by atoms with van der Waals surface area (Å²) in [6, 6.07) is 23.9. The van der Waals surface area contributed by atoms with Gasteiger partial charge in [-0.15, -0.1) is 0 Å². The Balaban J connectivity index is 1.76. The first kappa shape index (κ1) is 20.4. The molecule has 0 fully saturated rings. The minimum absolute atomic E-state index is 0.0482. The minimum Gasteiger partial charge on any atom is -0.491 e. The zero-order valence-corrected chi connectivity index (χ0v) is 17.8. The van der Waals surface area contributed by atoms with Gasteiger partial charge in [0.25, 0.3) is 11.8 Å². The van der Waals surface area contributed by atoms with Crippen LogP contribution in [0.5, 0.6) is 5.75 Å². The lowest BCUT2D eigenvalue weighted by Crippen LogP contribution is -2.32. The van der Waals surface area contributed by atoms with E-state index >= 15 is 0 Å². The number of carbonyl (C=O) groups is 2. The van der Waals surface area contributed by atoms with Gasteiger partial charge in [0.2, 0.25) is 0 Å². The van der Waals surface area contributed by atoms with Crippen molar-refractivity contribution in [1.82, 2.24) is 0 Å². The summed E-state index contributed by atoms with van der Waals surface area (Å²) in [5, 5.41) is 3.18. The maximum atomic E-state index is 13.4. The smallest absolute Gasteiger partial charge is 0.282 e. The Morgan fingerprint density at radius 2 is 1.45 bits per heavy atom. The largest absolute Gasteiger partial charge is 0.491 e. The summed E-state index contributed by atoms with van der Waals surface area (Å²) in [5.41, 5.74) is 3.65. The highest BCUT2D eigenvalue weighted by Crippen LogP contribution is 2.34. The number of nitrogens with one attached hydrogen (secondary N) is 1. The normalized spacial score (nSPS) is 13.9. The van der Waals surface area contributed by atoms with Crippen LogP contribution in [-0.4, -0.2) is 17.9 Å². The molecule has 1 aliphatic heterocycles. The van der Waals surface area contributed by atoms with Gasteiger partial charge >= 0.3 is 0 Å². The van der Waals surface area contributed by atoms with Gasteiger partial charge in [0.1, 0.15) is 11.4 Å². The maximum Gasteiger partial charge on any atom is 0.282 e. The highest BCUT2D eigenvalue weighted by atomic mass is 16.5. The van der Waals surface area contributed by atoms with Crippen LogP contribution in [0.4, 0.5) is 11.4 Å². The van der Waals surface area contributed by atoms with Gasteiger partial charge in [0, 0.05) is 5.69 Å². The molecule has 5 nitrogen and oxygen atoms in total. The van der Waals surface area contributed by atoms with Crippen molar-refractivity contribution in [2.24, 2.45) is 0 Å². The van der Waals surface area contributed by atoms with Crippen LogP contribution in [0.1, 0.15) is 25.0 Å². The lowest BCUT2D eigenvalue weighted by Gasteiger charge is -2.15. The van der Waals surface area contributed by atoms with Crippen molar-refractivity contribution in [3.05, 3.63) is 95.7 Å². The SMILES string of the molecule is Cc1ccc(NC2=C(c3ccc(OC(C)C)cc3)C(=O)N(c3ccccc3)C2=O)cc1. The van der Waals surface area contributed by atoms with Crippen molar-refractivity contribution in [3.63, 3.8) is 0 Å². The Morgan fingerprint density at radius 1 is 0.806 bits per heavy atom. The van der Waals surface area contributed by atoms with Crippen molar-refractivity contribution in [2.45, 2.75) is 26.9 Å². The van der Waals surface area contributed by atoms with Crippen LogP contribution in [0.15, 0.2) is 84.6 Å². The predicted molar refractivity (Wildman–Crippen MR) is 123 cm³/mol. The van der Waals surface area contributed by atoms with Crippen LogP contribution in [0.25, 0.3) is 5.57 Å². The first-order valence-corrected chi connectivity index (χ1v) is 10.2. The van der Waals surface area contributed by atoms with Crippen LogP contribution in [-0.2, 0) is 9.59 Å². The number of ether oxygens (including phenoxy) is 1. The van der Waals surface area contributed by atoms with Gasteiger partial charge in [-0.1, -0.05) is 48.0 Å². The molecule has 1 N–H and O–H groups in total. The molecule has 0 saturated heterocycles. The first-order chi connectivity index (χ1) is 14.9. The molecule has 0 aliphatic carbocycles. The molecule has 156 valence electrons. The Morgan fingerprint density at radius 3 is 2.06 bits per heavy atom. The third-order valence-electron chi connectivity index (χ3n) is 4.93. The van der Waals surface area contributed by atoms with E-state index in [4.69, 9.17) is 4.74 Å². The van der Waals surface area contributed by atoms with Crippen molar-refractivity contribution in [2.75, 3.05) is 10.2 Å². The molecule has 3 aromatic carbocycles. The fourth-order valence-electron chi connectivity index (χ4n) is 3.48. The molecule has 0 unspecified atom stereocenters. The average Bonchev–Trinajstić information content (AvgIpc) is 3.00. The van der Waals surface area contributed by atoms with E-state index in [-0.39, 0.29) is 23.6 Å². The third kappa shape index (κ3) is 4.21. The van der Waals surface area contributed by atoms with Crippen molar-refractivity contribution >= 4 is 28.8 Å². The molecule has 2 amide bonds. The van der Waals surface area contributed by atoms with Gasteiger partial charge in [-0.2, -0.15) is 0 Å². The zero-order chi connectivity index (χ0) is 22.0. The molecule has 0 bridgehead atoms. The van der Waals surface area contributed by atoms with Crippen molar-refractivity contribution in [1.29, 1.82) is 0 Å². The summed E-state index contributed by atoms with van der Waals surface area (Å²) in [6.45, 7) is 5.91. The molecule has 0 atom stereocenters. The number of rotatable bonds is 6. The summed E-state index contributed by atoms with van der Waals surface area (Å²) in [4.78, 5) is 28.0. The summed E-state index contributed by atoms with van der Waals surface area (Å²) < 4.78 is 5.71. The average molecular weight is 412 g/mol. The lowest BCUT2D eigenvalue weighted by molar-refractivity contribution is -0.120. The molecule has 1 aliphatic rings. The Bertz CT molecular complexity index is 1130. The second-order valence-corrected chi connectivity index (χ2v) is 7.71. The molecule has 31 heavy (non-hydrogen) atoms. The number of carbonyl (C=O) groups excluding carboxylic acids is 2.